The number of aryl methyl sites for hydroxylation is 2. The van der Waals surface area contributed by atoms with Gasteiger partial charge in [0.1, 0.15) is 0 Å². The summed E-state index contributed by atoms with van der Waals surface area (Å²) in [6, 6.07) is 2.42. The van der Waals surface area contributed by atoms with E-state index in [4.69, 9.17) is 16.9 Å². The van der Waals surface area contributed by atoms with Crippen molar-refractivity contribution >= 4 is 11.6 Å². The summed E-state index contributed by atoms with van der Waals surface area (Å²) < 4.78 is 1.96. The van der Waals surface area contributed by atoms with Crippen LogP contribution in [0.5, 0.6) is 0 Å². The van der Waals surface area contributed by atoms with Gasteiger partial charge in [-0.3, -0.25) is 9.58 Å². The molecule has 1 heterocycles. The van der Waals surface area contributed by atoms with Crippen LogP contribution in [0.25, 0.3) is 0 Å². The molecule has 0 spiro atoms. The van der Waals surface area contributed by atoms with Crippen LogP contribution in [-0.4, -0.2) is 27.8 Å². The van der Waals surface area contributed by atoms with Crippen LogP contribution in [0.3, 0.4) is 0 Å². The summed E-state index contributed by atoms with van der Waals surface area (Å²) in [6.45, 7) is 7.70. The molecule has 0 fully saturated rings. The Balaban J connectivity index is 2.89. The Kier molecular flexibility index (Phi) is 5.64. The van der Waals surface area contributed by atoms with Crippen molar-refractivity contribution in [1.82, 2.24) is 14.7 Å². The molecule has 1 aromatic heterocycles. The highest BCUT2D eigenvalue weighted by atomic mass is 35.5. The van der Waals surface area contributed by atoms with Gasteiger partial charge in [-0.2, -0.15) is 10.4 Å². The smallest absolute Gasteiger partial charge is 0.0863 e. The molecule has 1 aromatic rings. The molecule has 100 valence electrons. The molecule has 0 radical (unpaired) electrons. The molecular weight excluding hydrogens is 248 g/mol. The van der Waals surface area contributed by atoms with Crippen molar-refractivity contribution in [2.24, 2.45) is 0 Å². The molecule has 1 atom stereocenters. The third kappa shape index (κ3) is 3.24. The minimum Gasteiger partial charge on any atom is -0.297 e. The zero-order valence-corrected chi connectivity index (χ0v) is 12.3. The SMILES string of the molecule is CCc1nn(CC)c(CN(C)C(C)CC#N)c1Cl. The number of halogens is 1. The highest BCUT2D eigenvalue weighted by Gasteiger charge is 2.18. The summed E-state index contributed by atoms with van der Waals surface area (Å²) in [5.41, 5.74) is 2.00. The lowest BCUT2D eigenvalue weighted by Crippen LogP contribution is -2.29. The lowest BCUT2D eigenvalue weighted by Gasteiger charge is -2.22. The summed E-state index contributed by atoms with van der Waals surface area (Å²) in [5, 5.41) is 14.0. The molecule has 18 heavy (non-hydrogen) atoms. The van der Waals surface area contributed by atoms with Crippen LogP contribution in [-0.2, 0) is 19.5 Å². The van der Waals surface area contributed by atoms with E-state index in [0.29, 0.717) is 6.42 Å². The van der Waals surface area contributed by atoms with E-state index in [1.807, 2.05) is 18.7 Å². The van der Waals surface area contributed by atoms with E-state index in [1.165, 1.54) is 0 Å². The molecule has 1 rings (SSSR count). The van der Waals surface area contributed by atoms with Crippen LogP contribution in [0.4, 0.5) is 0 Å². The number of rotatable bonds is 6. The molecule has 0 saturated carbocycles. The Labute approximate surface area is 114 Å². The fourth-order valence-electron chi connectivity index (χ4n) is 1.85. The van der Waals surface area contributed by atoms with Crippen LogP contribution in [0.15, 0.2) is 0 Å². The quantitative estimate of drug-likeness (QED) is 0.797. The van der Waals surface area contributed by atoms with E-state index in [9.17, 15) is 0 Å². The van der Waals surface area contributed by atoms with E-state index in [-0.39, 0.29) is 6.04 Å². The van der Waals surface area contributed by atoms with Crippen LogP contribution in [0.2, 0.25) is 5.02 Å². The Morgan fingerprint density at radius 3 is 2.67 bits per heavy atom. The zero-order chi connectivity index (χ0) is 13.7. The third-order valence-corrected chi connectivity index (χ3v) is 3.67. The van der Waals surface area contributed by atoms with Gasteiger partial charge in [-0.25, -0.2) is 0 Å². The van der Waals surface area contributed by atoms with Gasteiger partial charge < -0.3 is 0 Å². The number of nitrogens with zero attached hydrogens (tertiary/aromatic N) is 4. The third-order valence-electron chi connectivity index (χ3n) is 3.23. The highest BCUT2D eigenvalue weighted by Crippen LogP contribution is 2.23. The molecular formula is C13H21ClN4. The summed E-state index contributed by atoms with van der Waals surface area (Å²) in [6.07, 6.45) is 1.37. The molecule has 0 saturated heterocycles. The predicted molar refractivity (Wildman–Crippen MR) is 73.4 cm³/mol. The molecule has 5 heteroatoms. The van der Waals surface area contributed by atoms with Gasteiger partial charge in [0.2, 0.25) is 0 Å². The lowest BCUT2D eigenvalue weighted by molar-refractivity contribution is 0.245. The van der Waals surface area contributed by atoms with Crippen molar-refractivity contribution in [3.05, 3.63) is 16.4 Å². The van der Waals surface area contributed by atoms with Crippen LogP contribution in [0, 0.1) is 11.3 Å². The monoisotopic (exact) mass is 268 g/mol. The van der Waals surface area contributed by atoms with E-state index in [1.54, 1.807) is 0 Å². The Bertz CT molecular complexity index is 433. The average Bonchev–Trinajstić information content (AvgIpc) is 2.66. The Morgan fingerprint density at radius 1 is 1.50 bits per heavy atom. The van der Waals surface area contributed by atoms with Crippen molar-refractivity contribution in [1.29, 1.82) is 5.26 Å². The molecule has 0 bridgehead atoms. The first-order chi connectivity index (χ1) is 8.54. The van der Waals surface area contributed by atoms with Crippen molar-refractivity contribution < 1.29 is 0 Å². The predicted octanol–water partition coefficient (Wildman–Crippen LogP) is 2.85. The van der Waals surface area contributed by atoms with Gasteiger partial charge in [-0.1, -0.05) is 18.5 Å². The van der Waals surface area contributed by atoms with E-state index >= 15 is 0 Å². The normalized spacial score (nSPS) is 12.7. The van der Waals surface area contributed by atoms with Crippen molar-refractivity contribution in [2.75, 3.05) is 7.05 Å². The number of aromatic nitrogens is 2. The largest absolute Gasteiger partial charge is 0.297 e. The van der Waals surface area contributed by atoms with Crippen molar-refractivity contribution in [2.45, 2.75) is 52.7 Å². The minimum atomic E-state index is 0.219. The minimum absolute atomic E-state index is 0.219. The van der Waals surface area contributed by atoms with Gasteiger partial charge in [0.25, 0.3) is 0 Å². The molecule has 0 N–H and O–H groups in total. The molecule has 0 aliphatic carbocycles. The Morgan fingerprint density at radius 2 is 2.17 bits per heavy atom. The second-order valence-corrected chi connectivity index (χ2v) is 4.88. The summed E-state index contributed by atoms with van der Waals surface area (Å²) in [4.78, 5) is 2.14. The maximum absolute atomic E-state index is 8.73. The van der Waals surface area contributed by atoms with E-state index < -0.39 is 0 Å². The Hall–Kier alpha value is -1.05. The molecule has 0 aromatic carbocycles. The van der Waals surface area contributed by atoms with Gasteiger partial charge in [-0.05, 0) is 27.3 Å². The maximum atomic E-state index is 8.73. The van der Waals surface area contributed by atoms with Crippen LogP contribution >= 0.6 is 11.6 Å². The number of hydrogen-bond donors (Lipinski definition) is 0. The van der Waals surface area contributed by atoms with Crippen LogP contribution in [0.1, 0.15) is 38.6 Å². The van der Waals surface area contributed by atoms with Gasteiger partial charge in [-0.15, -0.1) is 0 Å². The van der Waals surface area contributed by atoms with Gasteiger partial charge in [0.15, 0.2) is 0 Å². The first-order valence-corrected chi connectivity index (χ1v) is 6.74. The molecule has 1 unspecified atom stereocenters. The molecule has 0 aliphatic rings. The first-order valence-electron chi connectivity index (χ1n) is 6.36. The fraction of sp³-hybridized carbons (Fsp3) is 0.692. The van der Waals surface area contributed by atoms with E-state index in [2.05, 4.69) is 29.9 Å². The first kappa shape index (κ1) is 15.0. The van der Waals surface area contributed by atoms with Gasteiger partial charge in [0, 0.05) is 19.1 Å². The fourth-order valence-corrected chi connectivity index (χ4v) is 2.18. The topological polar surface area (TPSA) is 44.9 Å². The standard InChI is InChI=1S/C13H21ClN4/c1-5-11-13(14)12(18(6-2)16-11)9-17(4)10(3)7-8-15/h10H,5-7,9H2,1-4H3. The van der Waals surface area contributed by atoms with Crippen molar-refractivity contribution in [3.8, 4) is 6.07 Å². The summed E-state index contributed by atoms with van der Waals surface area (Å²) in [5.74, 6) is 0. The lowest BCUT2D eigenvalue weighted by atomic mass is 10.2. The second kappa shape index (κ2) is 6.77. The average molecular weight is 269 g/mol. The molecule has 0 aliphatic heterocycles. The second-order valence-electron chi connectivity index (χ2n) is 4.50. The van der Waals surface area contributed by atoms with Crippen LogP contribution < -0.4 is 0 Å². The van der Waals surface area contributed by atoms with Crippen molar-refractivity contribution in [3.63, 3.8) is 0 Å². The summed E-state index contributed by atoms with van der Waals surface area (Å²) in [7, 11) is 2.01. The van der Waals surface area contributed by atoms with Gasteiger partial charge in [0.05, 0.1) is 28.9 Å². The van der Waals surface area contributed by atoms with Gasteiger partial charge >= 0.3 is 0 Å². The van der Waals surface area contributed by atoms with E-state index in [0.717, 1.165) is 35.9 Å². The number of nitriles is 1. The molecule has 0 amide bonds. The maximum Gasteiger partial charge on any atom is 0.0863 e. The highest BCUT2D eigenvalue weighted by molar-refractivity contribution is 6.31. The zero-order valence-electron chi connectivity index (χ0n) is 11.6. The molecule has 4 nitrogen and oxygen atoms in total. The summed E-state index contributed by atoms with van der Waals surface area (Å²) >= 11 is 6.36. The number of hydrogen-bond acceptors (Lipinski definition) is 3.